The van der Waals surface area contributed by atoms with E-state index in [1.54, 1.807) is 31.2 Å². The second-order valence-electron chi connectivity index (χ2n) is 4.60. The van der Waals surface area contributed by atoms with Crippen LogP contribution < -0.4 is 0 Å². The zero-order valence-electron chi connectivity index (χ0n) is 11.1. The summed E-state index contributed by atoms with van der Waals surface area (Å²) in [5, 5.41) is 11.6. The van der Waals surface area contributed by atoms with Crippen molar-refractivity contribution in [3.05, 3.63) is 73.2 Å². The smallest absolute Gasteiger partial charge is 0.270 e. The van der Waals surface area contributed by atoms with Gasteiger partial charge in [-0.1, -0.05) is 35.3 Å². The first-order chi connectivity index (χ1) is 9.88. The van der Waals surface area contributed by atoms with Crippen LogP contribution in [-0.4, -0.2) is 10.7 Å². The minimum absolute atomic E-state index is 0.0990. The summed E-state index contributed by atoms with van der Waals surface area (Å²) in [4.78, 5) is 22.6. The maximum atomic E-state index is 12.3. The van der Waals surface area contributed by atoms with Gasteiger partial charge in [-0.25, -0.2) is 0 Å². The molecule has 0 atom stereocenters. The van der Waals surface area contributed by atoms with Crippen LogP contribution in [0.15, 0.2) is 36.4 Å². The Bertz CT molecular complexity index is 729. The Labute approximate surface area is 131 Å². The lowest BCUT2D eigenvalue weighted by Gasteiger charge is -2.06. The summed E-state index contributed by atoms with van der Waals surface area (Å²) in [5.74, 6) is -0.199. The number of halogens is 2. The van der Waals surface area contributed by atoms with E-state index in [0.29, 0.717) is 26.7 Å². The van der Waals surface area contributed by atoms with Crippen LogP contribution in [0.1, 0.15) is 21.5 Å². The lowest BCUT2D eigenvalue weighted by molar-refractivity contribution is -0.384. The summed E-state index contributed by atoms with van der Waals surface area (Å²) in [6, 6.07) is 9.20. The molecule has 0 heterocycles. The number of hydrogen-bond donors (Lipinski definition) is 0. The van der Waals surface area contributed by atoms with Crippen molar-refractivity contribution in [2.75, 3.05) is 0 Å². The molecule has 2 aromatic carbocycles. The Kier molecular flexibility index (Phi) is 4.60. The van der Waals surface area contributed by atoms with Crippen molar-refractivity contribution >= 4 is 34.7 Å². The van der Waals surface area contributed by atoms with Crippen molar-refractivity contribution in [1.82, 2.24) is 0 Å². The molecule has 0 N–H and O–H groups in total. The van der Waals surface area contributed by atoms with Crippen molar-refractivity contribution in [3.63, 3.8) is 0 Å². The Balaban J connectivity index is 2.29. The van der Waals surface area contributed by atoms with Crippen LogP contribution in [0.25, 0.3) is 0 Å². The summed E-state index contributed by atoms with van der Waals surface area (Å²) >= 11 is 11.7. The Hall–Kier alpha value is -1.91. The molecule has 0 fully saturated rings. The molecular weight excluding hydrogens is 313 g/mol. The van der Waals surface area contributed by atoms with Gasteiger partial charge in [0.2, 0.25) is 0 Å². The van der Waals surface area contributed by atoms with Gasteiger partial charge >= 0.3 is 0 Å². The lowest BCUT2D eigenvalue weighted by atomic mass is 9.98. The topological polar surface area (TPSA) is 60.2 Å². The standard InChI is InChI=1S/C15H11Cl2NO3/c1-9-2-4-11(18(20)21)8-12(9)15(19)7-10-3-5-13(16)14(17)6-10/h2-6,8H,7H2,1H3. The zero-order valence-corrected chi connectivity index (χ0v) is 12.6. The van der Waals surface area contributed by atoms with Gasteiger partial charge in [0, 0.05) is 24.1 Å². The van der Waals surface area contributed by atoms with Crippen molar-refractivity contribution in [1.29, 1.82) is 0 Å². The first-order valence-corrected chi connectivity index (χ1v) is 6.86. The number of carbonyl (C=O) groups is 1. The average molecular weight is 324 g/mol. The lowest BCUT2D eigenvalue weighted by Crippen LogP contribution is -2.06. The van der Waals surface area contributed by atoms with Crippen molar-refractivity contribution < 1.29 is 9.72 Å². The molecule has 0 aromatic heterocycles. The molecule has 0 aliphatic rings. The molecule has 6 heteroatoms. The van der Waals surface area contributed by atoms with Gasteiger partial charge in [0.05, 0.1) is 15.0 Å². The highest BCUT2D eigenvalue weighted by atomic mass is 35.5. The summed E-state index contributed by atoms with van der Waals surface area (Å²) in [6.45, 7) is 1.74. The molecule has 0 unspecified atom stereocenters. The average Bonchev–Trinajstić information content (AvgIpc) is 2.43. The minimum atomic E-state index is -0.518. The fraction of sp³-hybridized carbons (Fsp3) is 0.133. The molecule has 21 heavy (non-hydrogen) atoms. The van der Waals surface area contributed by atoms with Gasteiger partial charge in [0.1, 0.15) is 0 Å². The summed E-state index contributed by atoms with van der Waals surface area (Å²) < 4.78 is 0. The van der Waals surface area contributed by atoms with Crippen LogP contribution in [0.2, 0.25) is 10.0 Å². The first-order valence-electron chi connectivity index (χ1n) is 6.10. The van der Waals surface area contributed by atoms with Gasteiger partial charge in [0.25, 0.3) is 5.69 Å². The van der Waals surface area contributed by atoms with Gasteiger partial charge in [-0.2, -0.15) is 0 Å². The fourth-order valence-electron chi connectivity index (χ4n) is 1.95. The van der Waals surface area contributed by atoms with E-state index in [2.05, 4.69) is 0 Å². The monoisotopic (exact) mass is 323 g/mol. The van der Waals surface area contributed by atoms with E-state index in [4.69, 9.17) is 23.2 Å². The molecule has 4 nitrogen and oxygen atoms in total. The van der Waals surface area contributed by atoms with Crippen LogP contribution >= 0.6 is 23.2 Å². The molecule has 0 spiro atoms. The number of hydrogen-bond acceptors (Lipinski definition) is 3. The number of aryl methyl sites for hydroxylation is 1. The van der Waals surface area contributed by atoms with Gasteiger partial charge in [0.15, 0.2) is 5.78 Å². The first kappa shape index (κ1) is 15.5. The molecule has 0 bridgehead atoms. The highest BCUT2D eigenvalue weighted by molar-refractivity contribution is 6.42. The Morgan fingerprint density at radius 2 is 1.86 bits per heavy atom. The number of carbonyl (C=O) groups excluding carboxylic acids is 1. The molecule has 108 valence electrons. The Morgan fingerprint density at radius 3 is 2.48 bits per heavy atom. The summed E-state index contributed by atoms with van der Waals surface area (Å²) in [5.41, 5.74) is 1.65. The summed E-state index contributed by atoms with van der Waals surface area (Å²) in [6.07, 6.45) is 0.110. The van der Waals surface area contributed by atoms with Crippen LogP contribution in [0, 0.1) is 17.0 Å². The third kappa shape index (κ3) is 3.60. The maximum Gasteiger partial charge on any atom is 0.270 e. The van der Waals surface area contributed by atoms with E-state index in [-0.39, 0.29) is 17.9 Å². The van der Waals surface area contributed by atoms with E-state index >= 15 is 0 Å². The highest BCUT2D eigenvalue weighted by Crippen LogP contribution is 2.24. The number of ketones is 1. The second-order valence-corrected chi connectivity index (χ2v) is 5.42. The van der Waals surface area contributed by atoms with Crippen LogP contribution in [0.4, 0.5) is 5.69 Å². The number of nitro benzene ring substituents is 1. The molecule has 0 aliphatic heterocycles. The van der Waals surface area contributed by atoms with E-state index in [9.17, 15) is 14.9 Å². The van der Waals surface area contributed by atoms with Crippen LogP contribution in [0.5, 0.6) is 0 Å². The number of nitro groups is 1. The van der Waals surface area contributed by atoms with Gasteiger partial charge in [-0.05, 0) is 30.2 Å². The van der Waals surface area contributed by atoms with E-state index in [1.165, 1.54) is 12.1 Å². The number of Topliss-reactive ketones (excluding diaryl/α,β-unsaturated/α-hetero) is 1. The molecule has 0 aliphatic carbocycles. The zero-order chi connectivity index (χ0) is 15.6. The predicted octanol–water partition coefficient (Wildman–Crippen LogP) is 4.64. The molecular formula is C15H11Cl2NO3. The summed E-state index contributed by atoms with van der Waals surface area (Å²) in [7, 11) is 0. The van der Waals surface area contributed by atoms with E-state index in [0.717, 1.165) is 0 Å². The Morgan fingerprint density at radius 1 is 1.14 bits per heavy atom. The fourth-order valence-corrected chi connectivity index (χ4v) is 2.27. The molecule has 0 saturated carbocycles. The van der Waals surface area contributed by atoms with Gasteiger partial charge in [-0.15, -0.1) is 0 Å². The third-order valence-corrected chi connectivity index (χ3v) is 3.82. The number of benzene rings is 2. The number of non-ortho nitro benzene ring substituents is 1. The normalized spacial score (nSPS) is 10.4. The third-order valence-electron chi connectivity index (χ3n) is 3.08. The quantitative estimate of drug-likeness (QED) is 0.468. The van der Waals surface area contributed by atoms with Gasteiger partial charge < -0.3 is 0 Å². The van der Waals surface area contributed by atoms with E-state index in [1.807, 2.05) is 0 Å². The molecule has 0 saturated heterocycles. The van der Waals surface area contributed by atoms with Gasteiger partial charge in [-0.3, -0.25) is 14.9 Å². The highest BCUT2D eigenvalue weighted by Gasteiger charge is 2.15. The van der Waals surface area contributed by atoms with Crippen molar-refractivity contribution in [2.45, 2.75) is 13.3 Å². The molecule has 0 amide bonds. The van der Waals surface area contributed by atoms with Crippen LogP contribution in [0.3, 0.4) is 0 Å². The van der Waals surface area contributed by atoms with Crippen molar-refractivity contribution in [3.8, 4) is 0 Å². The van der Waals surface area contributed by atoms with Crippen molar-refractivity contribution in [2.24, 2.45) is 0 Å². The molecule has 2 rings (SSSR count). The largest absolute Gasteiger partial charge is 0.294 e. The second kappa shape index (κ2) is 6.24. The molecule has 0 radical (unpaired) electrons. The van der Waals surface area contributed by atoms with E-state index < -0.39 is 4.92 Å². The molecule has 2 aromatic rings. The minimum Gasteiger partial charge on any atom is -0.294 e. The maximum absolute atomic E-state index is 12.3. The number of nitrogens with zero attached hydrogens (tertiary/aromatic N) is 1. The predicted molar refractivity (Wildman–Crippen MR) is 82.3 cm³/mol. The van der Waals surface area contributed by atoms with Crippen LogP contribution in [-0.2, 0) is 6.42 Å². The number of rotatable bonds is 4. The SMILES string of the molecule is Cc1ccc([N+](=O)[O-])cc1C(=O)Cc1ccc(Cl)c(Cl)c1.